The van der Waals surface area contributed by atoms with Gasteiger partial charge in [0.25, 0.3) is 0 Å². The van der Waals surface area contributed by atoms with Crippen molar-refractivity contribution in [2.75, 3.05) is 5.75 Å². The molecule has 0 radical (unpaired) electrons. The molecule has 4 fully saturated rings. The van der Waals surface area contributed by atoms with Gasteiger partial charge in [-0.2, -0.15) is 11.8 Å². The van der Waals surface area contributed by atoms with Crippen molar-refractivity contribution in [2.45, 2.75) is 163 Å². The van der Waals surface area contributed by atoms with E-state index in [0.717, 1.165) is 52.6 Å². The van der Waals surface area contributed by atoms with Crippen LogP contribution in [0.4, 0.5) is 0 Å². The summed E-state index contributed by atoms with van der Waals surface area (Å²) in [5, 5.41) is 0.962. The summed E-state index contributed by atoms with van der Waals surface area (Å²) in [5.41, 5.74) is 1.32. The third kappa shape index (κ3) is 6.81. The molecule has 0 bridgehead atoms. The van der Waals surface area contributed by atoms with Crippen molar-refractivity contribution in [2.24, 2.45) is 58.2 Å². The largest absolute Gasteiger partial charge is 0.158 e. The Hall–Kier alpha value is 0.350. The Morgan fingerprint density at radius 1 is 0.730 bits per heavy atom. The number of rotatable bonds is 13. The predicted molar refractivity (Wildman–Crippen MR) is 167 cm³/mol. The lowest BCUT2D eigenvalue weighted by atomic mass is 9.44. The fraction of sp³-hybridized carbons (Fsp3) is 1.00. The highest BCUT2D eigenvalue weighted by Gasteiger charge is 2.60. The van der Waals surface area contributed by atoms with E-state index in [0.29, 0.717) is 10.8 Å². The molecule has 0 nitrogen and oxygen atoms in total. The van der Waals surface area contributed by atoms with Crippen LogP contribution in [0, 0.1) is 58.2 Å². The lowest BCUT2D eigenvalue weighted by Crippen LogP contribution is -2.54. The van der Waals surface area contributed by atoms with Gasteiger partial charge in [-0.1, -0.05) is 93.4 Å². The molecule has 4 saturated carbocycles. The maximum absolute atomic E-state index is 2.79. The molecule has 0 saturated heterocycles. The highest BCUT2D eigenvalue weighted by Crippen LogP contribution is 2.68. The van der Waals surface area contributed by atoms with E-state index in [2.05, 4.69) is 60.2 Å². The topological polar surface area (TPSA) is 0 Å². The Morgan fingerprint density at radius 3 is 2.24 bits per heavy atom. The fourth-order valence-corrected chi connectivity index (χ4v) is 12.1. The van der Waals surface area contributed by atoms with Crippen LogP contribution in [0.3, 0.4) is 0 Å². The van der Waals surface area contributed by atoms with Crippen LogP contribution >= 0.6 is 11.8 Å². The maximum atomic E-state index is 2.79. The van der Waals surface area contributed by atoms with Gasteiger partial charge in [0.1, 0.15) is 0 Å². The summed E-state index contributed by atoms with van der Waals surface area (Å²) >= 11 is 2.38. The molecule has 0 heterocycles. The first kappa shape index (κ1) is 30.3. The van der Waals surface area contributed by atoms with Crippen LogP contribution < -0.4 is 0 Å². The predicted octanol–water partition coefficient (Wildman–Crippen LogP) is 11.8. The van der Waals surface area contributed by atoms with Crippen LogP contribution in [0.15, 0.2) is 0 Å². The number of fused-ring (bicyclic) bond motifs is 5. The second-order valence-electron chi connectivity index (χ2n) is 15.9. The van der Waals surface area contributed by atoms with Crippen LogP contribution in [-0.4, -0.2) is 11.0 Å². The maximum Gasteiger partial charge on any atom is 0.00502 e. The lowest BCUT2D eigenvalue weighted by molar-refractivity contribution is -0.113. The van der Waals surface area contributed by atoms with E-state index in [1.807, 2.05) is 0 Å². The molecule has 0 amide bonds. The Balaban J connectivity index is 1.30. The molecule has 1 unspecified atom stereocenters. The molecule has 37 heavy (non-hydrogen) atoms. The zero-order valence-corrected chi connectivity index (χ0v) is 27.1. The Bertz CT molecular complexity index is 684. The van der Waals surface area contributed by atoms with Gasteiger partial charge in [-0.25, -0.2) is 0 Å². The summed E-state index contributed by atoms with van der Waals surface area (Å²) < 4.78 is 0. The van der Waals surface area contributed by atoms with E-state index in [1.165, 1.54) is 63.5 Å². The van der Waals surface area contributed by atoms with Crippen molar-refractivity contribution < 1.29 is 0 Å². The zero-order valence-electron chi connectivity index (χ0n) is 26.3. The summed E-state index contributed by atoms with van der Waals surface area (Å²) in [7, 11) is 0. The average Bonchev–Trinajstić information content (AvgIpc) is 3.22. The first-order valence-electron chi connectivity index (χ1n) is 17.3. The first-order valence-corrected chi connectivity index (χ1v) is 18.4. The summed E-state index contributed by atoms with van der Waals surface area (Å²) in [6.07, 6.45) is 25.5. The van der Waals surface area contributed by atoms with Crippen LogP contribution in [0.2, 0.25) is 0 Å². The van der Waals surface area contributed by atoms with Gasteiger partial charge in [-0.05, 0) is 128 Å². The summed E-state index contributed by atoms with van der Waals surface area (Å²) in [4.78, 5) is 0. The van der Waals surface area contributed by atoms with Crippen LogP contribution in [-0.2, 0) is 0 Å². The molecule has 1 heteroatoms. The molecule has 216 valence electrons. The molecule has 10 atom stereocenters. The quantitative estimate of drug-likeness (QED) is 0.213. The van der Waals surface area contributed by atoms with Gasteiger partial charge in [0.15, 0.2) is 0 Å². The molecule has 4 aliphatic carbocycles. The van der Waals surface area contributed by atoms with Crippen molar-refractivity contribution in [3.8, 4) is 0 Å². The Labute approximate surface area is 238 Å². The standard InChI is InChI=1S/C36H66S/c1-8-9-10-11-14-27(4)25-37-30-20-22-35(6)29(24-30)16-17-31-33-19-18-32(28(5)15-12-13-26(2)3)36(33,7)23-21-34(31)35/h26-34H,8-25H2,1-7H3/t27?,28-,29+,30-,31+,32-,33+,34+,35+,36-/m1/s1. The SMILES string of the molecule is CCCCCCC(C)CS[C@@H]1CC[C@@]2(C)[C@@H](CC[C@@H]3[C@@H]2CC[C@]2(C)[C@@H]([C@H](C)CCCC(C)C)CC[C@@H]32)C1. The number of hydrogen-bond donors (Lipinski definition) is 0. The molecular weight excluding hydrogens is 464 g/mol. The minimum atomic E-state index is 0.655. The molecular formula is C36H66S. The molecule has 0 N–H and O–H groups in total. The second kappa shape index (κ2) is 13.3. The molecule has 0 aliphatic heterocycles. The number of hydrogen-bond acceptors (Lipinski definition) is 1. The smallest absolute Gasteiger partial charge is 0.00502 e. The second-order valence-corrected chi connectivity index (χ2v) is 17.2. The van der Waals surface area contributed by atoms with E-state index in [-0.39, 0.29) is 0 Å². The van der Waals surface area contributed by atoms with E-state index < -0.39 is 0 Å². The van der Waals surface area contributed by atoms with Gasteiger partial charge in [0.2, 0.25) is 0 Å². The lowest BCUT2D eigenvalue weighted by Gasteiger charge is -2.61. The summed E-state index contributed by atoms with van der Waals surface area (Å²) in [5.74, 6) is 9.33. The van der Waals surface area contributed by atoms with E-state index in [4.69, 9.17) is 0 Å². The van der Waals surface area contributed by atoms with Gasteiger partial charge in [-0.3, -0.25) is 0 Å². The monoisotopic (exact) mass is 530 g/mol. The number of thioether (sulfide) groups is 1. The molecule has 0 spiro atoms. The first-order chi connectivity index (χ1) is 17.7. The van der Waals surface area contributed by atoms with Gasteiger partial charge in [0, 0.05) is 5.25 Å². The highest BCUT2D eigenvalue weighted by atomic mass is 32.2. The molecule has 4 aliphatic rings. The summed E-state index contributed by atoms with van der Waals surface area (Å²) in [6.45, 7) is 17.8. The molecule has 0 aromatic rings. The van der Waals surface area contributed by atoms with Crippen LogP contribution in [0.1, 0.15) is 158 Å². The third-order valence-corrected chi connectivity index (χ3v) is 14.6. The van der Waals surface area contributed by atoms with Crippen molar-refractivity contribution in [1.82, 2.24) is 0 Å². The van der Waals surface area contributed by atoms with Crippen molar-refractivity contribution in [1.29, 1.82) is 0 Å². The fourth-order valence-electron chi connectivity index (χ4n) is 10.7. The zero-order chi connectivity index (χ0) is 26.6. The van der Waals surface area contributed by atoms with E-state index in [1.54, 1.807) is 51.4 Å². The average molecular weight is 531 g/mol. The van der Waals surface area contributed by atoms with Crippen LogP contribution in [0.25, 0.3) is 0 Å². The highest BCUT2D eigenvalue weighted by molar-refractivity contribution is 7.99. The third-order valence-electron chi connectivity index (χ3n) is 13.0. The Kier molecular flexibility index (Phi) is 10.9. The van der Waals surface area contributed by atoms with Crippen molar-refractivity contribution in [3.05, 3.63) is 0 Å². The normalized spacial score (nSPS) is 41.2. The molecule has 0 aromatic carbocycles. The van der Waals surface area contributed by atoms with E-state index >= 15 is 0 Å². The van der Waals surface area contributed by atoms with Gasteiger partial charge in [0.05, 0.1) is 0 Å². The van der Waals surface area contributed by atoms with Crippen LogP contribution in [0.5, 0.6) is 0 Å². The number of unbranched alkanes of at least 4 members (excludes halogenated alkanes) is 3. The minimum absolute atomic E-state index is 0.655. The van der Waals surface area contributed by atoms with Crippen molar-refractivity contribution in [3.63, 3.8) is 0 Å². The minimum Gasteiger partial charge on any atom is -0.158 e. The van der Waals surface area contributed by atoms with E-state index in [9.17, 15) is 0 Å². The van der Waals surface area contributed by atoms with Crippen molar-refractivity contribution >= 4 is 11.8 Å². The molecule has 0 aromatic heterocycles. The Morgan fingerprint density at radius 2 is 1.49 bits per heavy atom. The summed E-state index contributed by atoms with van der Waals surface area (Å²) in [6, 6.07) is 0. The van der Waals surface area contributed by atoms with Gasteiger partial charge >= 0.3 is 0 Å². The van der Waals surface area contributed by atoms with Gasteiger partial charge < -0.3 is 0 Å². The molecule has 4 rings (SSSR count). The van der Waals surface area contributed by atoms with Gasteiger partial charge in [-0.15, -0.1) is 0 Å².